The molecule has 0 saturated carbocycles. The maximum absolute atomic E-state index is 13.2. The van der Waals surface area contributed by atoms with Crippen LogP contribution in [0.25, 0.3) is 0 Å². The van der Waals surface area contributed by atoms with E-state index >= 15 is 0 Å². The first-order valence-corrected chi connectivity index (χ1v) is 26.4. The minimum Gasteiger partial charge on any atom is -0.462 e. The molecule has 0 spiro atoms. The number of carbonyl (C=O) groups is 2. The standard InChI is InChI=1S/C55H101NO5/c1-4-7-10-13-16-19-21-23-25-27-29-31-33-36-39-42-45-48-55(60)61-51(46-43-40-37-35-32-30-28-26-24-22-20-17-14-11-8-5-2)49-54(59)56-52(50-57)53(58)47-44-41-38-34-18-15-12-9-6-3/h17,20,22,24,26,28,30,32,51-53,57-58H,4-16,18-19,21,23,25,27,29,31,33-50H2,1-3H3,(H,56,59)/b20-17+,24-22+,28-26+,32-30+. The lowest BCUT2D eigenvalue weighted by atomic mass is 10.0. The number of ether oxygens (including phenoxy) is 1. The highest BCUT2D eigenvalue weighted by Crippen LogP contribution is 2.18. The van der Waals surface area contributed by atoms with Crippen molar-refractivity contribution in [2.24, 2.45) is 0 Å². The summed E-state index contributed by atoms with van der Waals surface area (Å²) >= 11 is 0. The topological polar surface area (TPSA) is 95.9 Å². The first-order valence-electron chi connectivity index (χ1n) is 26.4. The zero-order valence-corrected chi connectivity index (χ0v) is 40.5. The van der Waals surface area contributed by atoms with Crippen molar-refractivity contribution in [3.8, 4) is 0 Å². The Balaban J connectivity index is 4.62. The highest BCUT2D eigenvalue weighted by Gasteiger charge is 2.24. The molecule has 3 N–H and O–H groups in total. The molecule has 1 amide bonds. The summed E-state index contributed by atoms with van der Waals surface area (Å²) in [6, 6.07) is -0.712. The monoisotopic (exact) mass is 856 g/mol. The van der Waals surface area contributed by atoms with Crippen molar-refractivity contribution in [3.05, 3.63) is 48.6 Å². The molecule has 0 aromatic carbocycles. The molecule has 0 aromatic rings. The fourth-order valence-electron chi connectivity index (χ4n) is 7.97. The Morgan fingerprint density at radius 3 is 1.30 bits per heavy atom. The molecule has 61 heavy (non-hydrogen) atoms. The van der Waals surface area contributed by atoms with Gasteiger partial charge in [0.1, 0.15) is 6.10 Å². The largest absolute Gasteiger partial charge is 0.462 e. The molecule has 0 heterocycles. The molecule has 3 unspecified atom stereocenters. The molecule has 0 aliphatic carbocycles. The molecule has 3 atom stereocenters. The number of carbonyl (C=O) groups excluding carboxylic acids is 2. The molecule has 0 radical (unpaired) electrons. The first kappa shape index (κ1) is 58.8. The van der Waals surface area contributed by atoms with E-state index in [0.29, 0.717) is 19.3 Å². The predicted octanol–water partition coefficient (Wildman–Crippen LogP) is 15.8. The van der Waals surface area contributed by atoms with Crippen molar-refractivity contribution in [1.29, 1.82) is 0 Å². The van der Waals surface area contributed by atoms with Gasteiger partial charge in [0.15, 0.2) is 0 Å². The van der Waals surface area contributed by atoms with Gasteiger partial charge in [-0.25, -0.2) is 0 Å². The van der Waals surface area contributed by atoms with Gasteiger partial charge in [-0.15, -0.1) is 0 Å². The predicted molar refractivity (Wildman–Crippen MR) is 264 cm³/mol. The Labute approximate surface area is 378 Å². The smallest absolute Gasteiger partial charge is 0.306 e. The number of hydrogen-bond acceptors (Lipinski definition) is 5. The van der Waals surface area contributed by atoms with E-state index in [2.05, 4.69) is 74.7 Å². The minimum atomic E-state index is -0.796. The molecular weight excluding hydrogens is 755 g/mol. The molecule has 6 nitrogen and oxygen atoms in total. The summed E-state index contributed by atoms with van der Waals surface area (Å²) in [6.45, 7) is 6.43. The molecular formula is C55H101NO5. The third kappa shape index (κ3) is 44.2. The number of nitrogens with one attached hydrogen (secondary N) is 1. The Bertz CT molecular complexity index is 1050. The number of aliphatic hydroxyl groups excluding tert-OH is 2. The van der Waals surface area contributed by atoms with E-state index < -0.39 is 18.2 Å². The van der Waals surface area contributed by atoms with Crippen molar-refractivity contribution >= 4 is 11.9 Å². The van der Waals surface area contributed by atoms with Crippen molar-refractivity contribution < 1.29 is 24.5 Å². The summed E-state index contributed by atoms with van der Waals surface area (Å²) in [6.07, 6.45) is 58.9. The van der Waals surface area contributed by atoms with Gasteiger partial charge in [0.05, 0.1) is 25.2 Å². The van der Waals surface area contributed by atoms with Crippen LogP contribution in [-0.4, -0.2) is 46.9 Å². The van der Waals surface area contributed by atoms with Gasteiger partial charge in [0.25, 0.3) is 0 Å². The van der Waals surface area contributed by atoms with Crippen molar-refractivity contribution in [2.75, 3.05) is 6.61 Å². The van der Waals surface area contributed by atoms with Crippen LogP contribution in [0.5, 0.6) is 0 Å². The van der Waals surface area contributed by atoms with Crippen molar-refractivity contribution in [2.45, 2.75) is 283 Å². The summed E-state index contributed by atoms with van der Waals surface area (Å²) in [5, 5.41) is 23.7. The molecule has 6 heteroatoms. The Kier molecular flexibility index (Phi) is 47.1. The summed E-state index contributed by atoms with van der Waals surface area (Å²) in [5.74, 6) is -0.504. The molecule has 0 rings (SSSR count). The third-order valence-electron chi connectivity index (χ3n) is 12.0. The van der Waals surface area contributed by atoms with E-state index in [0.717, 1.165) is 70.6 Å². The van der Waals surface area contributed by atoms with Crippen LogP contribution in [-0.2, 0) is 14.3 Å². The van der Waals surface area contributed by atoms with Gasteiger partial charge >= 0.3 is 5.97 Å². The lowest BCUT2D eigenvalue weighted by Crippen LogP contribution is -2.46. The Hall–Kier alpha value is -2.18. The average Bonchev–Trinajstić information content (AvgIpc) is 3.25. The Morgan fingerprint density at radius 2 is 0.836 bits per heavy atom. The van der Waals surface area contributed by atoms with Gasteiger partial charge in [-0.05, 0) is 51.4 Å². The van der Waals surface area contributed by atoms with E-state index in [4.69, 9.17) is 4.74 Å². The molecule has 356 valence electrons. The minimum absolute atomic E-state index is 0.0538. The molecule has 0 aliphatic rings. The lowest BCUT2D eigenvalue weighted by Gasteiger charge is -2.24. The maximum atomic E-state index is 13.2. The van der Waals surface area contributed by atoms with Crippen LogP contribution in [0.3, 0.4) is 0 Å². The van der Waals surface area contributed by atoms with Crippen LogP contribution in [0.4, 0.5) is 0 Å². The normalized spacial score (nSPS) is 13.6. The van der Waals surface area contributed by atoms with Gasteiger partial charge in [-0.2, -0.15) is 0 Å². The van der Waals surface area contributed by atoms with Gasteiger partial charge in [-0.3, -0.25) is 9.59 Å². The number of aliphatic hydroxyl groups is 2. The van der Waals surface area contributed by atoms with Crippen LogP contribution in [0.2, 0.25) is 0 Å². The first-order chi connectivity index (χ1) is 30.0. The van der Waals surface area contributed by atoms with E-state index in [1.165, 1.54) is 148 Å². The summed E-state index contributed by atoms with van der Waals surface area (Å²) in [5.41, 5.74) is 0. The average molecular weight is 856 g/mol. The van der Waals surface area contributed by atoms with Crippen LogP contribution < -0.4 is 5.32 Å². The van der Waals surface area contributed by atoms with E-state index in [1.54, 1.807) is 0 Å². The third-order valence-corrected chi connectivity index (χ3v) is 12.0. The number of unbranched alkanes of at least 4 members (excludes halogenated alkanes) is 30. The second-order valence-corrected chi connectivity index (χ2v) is 18.0. The zero-order valence-electron chi connectivity index (χ0n) is 40.5. The quantitative estimate of drug-likeness (QED) is 0.0322. The van der Waals surface area contributed by atoms with Crippen molar-refractivity contribution in [1.82, 2.24) is 5.32 Å². The number of allylic oxidation sites excluding steroid dienone is 8. The van der Waals surface area contributed by atoms with Crippen molar-refractivity contribution in [3.63, 3.8) is 0 Å². The number of amides is 1. The van der Waals surface area contributed by atoms with Crippen LogP contribution in [0.15, 0.2) is 48.6 Å². The fraction of sp³-hybridized carbons (Fsp3) is 0.818. The van der Waals surface area contributed by atoms with Gasteiger partial charge in [0.2, 0.25) is 5.91 Å². The maximum Gasteiger partial charge on any atom is 0.306 e. The van der Waals surface area contributed by atoms with Gasteiger partial charge in [-0.1, -0.05) is 249 Å². The molecule has 0 saturated heterocycles. The summed E-state index contributed by atoms with van der Waals surface area (Å²) < 4.78 is 5.92. The Morgan fingerprint density at radius 1 is 0.475 bits per heavy atom. The highest BCUT2D eigenvalue weighted by molar-refractivity contribution is 5.77. The number of rotatable bonds is 47. The SMILES string of the molecule is CCCCC/C=C/C=C/C=C/C=C/CCCCCC(CC(=O)NC(CO)C(O)CCCCCCCCCCC)OC(=O)CCCCCCCCCCCCCCCCCCC. The second-order valence-electron chi connectivity index (χ2n) is 18.0. The van der Waals surface area contributed by atoms with Crippen LogP contribution >= 0.6 is 0 Å². The van der Waals surface area contributed by atoms with E-state index in [9.17, 15) is 19.8 Å². The molecule has 0 aromatic heterocycles. The summed E-state index contributed by atoms with van der Waals surface area (Å²) in [4.78, 5) is 26.1. The number of hydrogen-bond donors (Lipinski definition) is 3. The van der Waals surface area contributed by atoms with Crippen LogP contribution in [0.1, 0.15) is 265 Å². The van der Waals surface area contributed by atoms with Gasteiger partial charge in [0, 0.05) is 6.42 Å². The zero-order chi connectivity index (χ0) is 44.5. The molecule has 0 fully saturated rings. The molecule has 0 bridgehead atoms. The second kappa shape index (κ2) is 48.8. The highest BCUT2D eigenvalue weighted by atomic mass is 16.5. The lowest BCUT2D eigenvalue weighted by molar-refractivity contribution is -0.151. The number of esters is 1. The summed E-state index contributed by atoms with van der Waals surface area (Å²) in [7, 11) is 0. The van der Waals surface area contributed by atoms with E-state index in [-0.39, 0.29) is 24.9 Å². The van der Waals surface area contributed by atoms with Crippen LogP contribution in [0, 0.1) is 0 Å². The fourth-order valence-corrected chi connectivity index (χ4v) is 7.97. The molecule has 0 aliphatic heterocycles. The van der Waals surface area contributed by atoms with Gasteiger partial charge < -0.3 is 20.3 Å². The van der Waals surface area contributed by atoms with E-state index in [1.807, 2.05) is 0 Å².